The number of fused-ring (bicyclic) bond motifs is 2. The summed E-state index contributed by atoms with van der Waals surface area (Å²) in [4.78, 5) is 44.9. The molecule has 39 heavy (non-hydrogen) atoms. The fraction of sp³-hybridized carbons (Fsp3) is 0.273. The molecule has 3 aromatic rings. The Morgan fingerprint density at radius 1 is 0.974 bits per heavy atom. The first-order valence-electron chi connectivity index (χ1n) is 13.4. The molecule has 1 saturated carbocycles. The van der Waals surface area contributed by atoms with Crippen LogP contribution >= 0.6 is 11.6 Å². The molecule has 1 atom stereocenters. The normalized spacial score (nSPS) is 18.3. The number of rotatable bonds is 7. The molecule has 0 saturated heterocycles. The Kier molecular flexibility index (Phi) is 6.78. The summed E-state index contributed by atoms with van der Waals surface area (Å²) in [5.74, 6) is 0.145. The van der Waals surface area contributed by atoms with Crippen molar-refractivity contribution in [3.63, 3.8) is 0 Å². The van der Waals surface area contributed by atoms with E-state index in [2.05, 4.69) is 12.6 Å². The van der Waals surface area contributed by atoms with Gasteiger partial charge in [0.05, 0.1) is 17.4 Å². The Bertz CT molecular complexity index is 1570. The van der Waals surface area contributed by atoms with E-state index in [-0.39, 0.29) is 23.5 Å². The van der Waals surface area contributed by atoms with E-state index in [9.17, 15) is 14.4 Å². The second-order valence-corrected chi connectivity index (χ2v) is 11.2. The molecule has 0 aromatic heterocycles. The number of aliphatic imine (C=N–C) groups is 1. The predicted molar refractivity (Wildman–Crippen MR) is 153 cm³/mol. The minimum Gasteiger partial charge on any atom is -0.324 e. The van der Waals surface area contributed by atoms with Gasteiger partial charge in [0.25, 0.3) is 5.91 Å². The molecule has 1 unspecified atom stereocenters. The number of allylic oxidation sites excluding steroid dienone is 1. The van der Waals surface area contributed by atoms with Crippen molar-refractivity contribution in [2.75, 3.05) is 0 Å². The van der Waals surface area contributed by atoms with Crippen LogP contribution in [0.2, 0.25) is 5.02 Å². The summed E-state index contributed by atoms with van der Waals surface area (Å²) < 4.78 is 0. The Labute approximate surface area is 233 Å². The topological polar surface area (TPSA) is 66.8 Å². The van der Waals surface area contributed by atoms with Crippen LogP contribution in [0.25, 0.3) is 0 Å². The smallest absolute Gasteiger partial charge is 0.255 e. The largest absolute Gasteiger partial charge is 0.324 e. The number of hydrogen-bond donors (Lipinski definition) is 0. The number of aryl methyl sites for hydroxylation is 1. The van der Waals surface area contributed by atoms with Crippen molar-refractivity contribution in [1.29, 1.82) is 0 Å². The van der Waals surface area contributed by atoms with E-state index in [1.807, 2.05) is 54.6 Å². The van der Waals surface area contributed by atoms with Crippen LogP contribution in [-0.2, 0) is 35.4 Å². The third-order valence-electron chi connectivity index (χ3n) is 7.99. The van der Waals surface area contributed by atoms with Gasteiger partial charge in [-0.2, -0.15) is 0 Å². The average molecular weight is 537 g/mol. The van der Waals surface area contributed by atoms with E-state index in [0.29, 0.717) is 49.2 Å². The van der Waals surface area contributed by atoms with Gasteiger partial charge in [-0.15, -0.1) is 0 Å². The van der Waals surface area contributed by atoms with Crippen LogP contribution < -0.4 is 0 Å². The van der Waals surface area contributed by atoms with E-state index in [4.69, 9.17) is 16.6 Å². The number of nitrogens with zero attached hydrogens (tertiary/aromatic N) is 2. The van der Waals surface area contributed by atoms with Crippen molar-refractivity contribution in [3.8, 4) is 0 Å². The molecule has 3 aromatic carbocycles. The SMILES string of the molecule is C=C1CCC(N2Cc3cc(CCC(=O)Cc4ccc(Cl)c(C5=Nc6ccccc6C5)c4)ccc3C2=O)C(=O)C1. The first kappa shape index (κ1) is 25.4. The van der Waals surface area contributed by atoms with E-state index in [0.717, 1.165) is 52.1 Å². The van der Waals surface area contributed by atoms with Gasteiger partial charge < -0.3 is 4.90 Å². The number of Topliss-reactive ketones (excluding diaryl/α,β-unsaturated/α-hetero) is 2. The van der Waals surface area contributed by atoms with Gasteiger partial charge in [0.1, 0.15) is 5.78 Å². The number of amides is 1. The molecule has 2 aliphatic heterocycles. The summed E-state index contributed by atoms with van der Waals surface area (Å²) >= 11 is 6.51. The van der Waals surface area contributed by atoms with Crippen LogP contribution in [-0.4, -0.2) is 34.1 Å². The van der Waals surface area contributed by atoms with Crippen LogP contribution in [0.4, 0.5) is 5.69 Å². The zero-order valence-electron chi connectivity index (χ0n) is 21.7. The summed E-state index contributed by atoms with van der Waals surface area (Å²) in [6, 6.07) is 19.2. The summed E-state index contributed by atoms with van der Waals surface area (Å²) in [6.07, 6.45) is 3.85. The third kappa shape index (κ3) is 5.11. The summed E-state index contributed by atoms with van der Waals surface area (Å²) in [5.41, 5.74) is 8.45. The average Bonchev–Trinajstić information content (AvgIpc) is 3.49. The Balaban J connectivity index is 1.08. The molecule has 0 radical (unpaired) electrons. The van der Waals surface area contributed by atoms with Crippen LogP contribution in [0, 0.1) is 0 Å². The number of hydrogen-bond acceptors (Lipinski definition) is 4. The number of carbonyl (C=O) groups is 3. The zero-order chi connectivity index (χ0) is 27.1. The lowest BCUT2D eigenvalue weighted by Crippen LogP contribution is -2.43. The van der Waals surface area contributed by atoms with Gasteiger partial charge in [0.15, 0.2) is 5.78 Å². The quantitative estimate of drug-likeness (QED) is 0.328. The van der Waals surface area contributed by atoms with Gasteiger partial charge >= 0.3 is 0 Å². The maximum Gasteiger partial charge on any atom is 0.255 e. The third-order valence-corrected chi connectivity index (χ3v) is 8.32. The van der Waals surface area contributed by atoms with Crippen molar-refractivity contribution < 1.29 is 14.4 Å². The molecule has 6 heteroatoms. The van der Waals surface area contributed by atoms with Crippen LogP contribution in [0.1, 0.15) is 63.9 Å². The molecule has 3 aliphatic rings. The van der Waals surface area contributed by atoms with Crippen LogP contribution in [0.15, 0.2) is 77.8 Å². The highest BCUT2D eigenvalue weighted by atomic mass is 35.5. The fourth-order valence-corrected chi connectivity index (χ4v) is 6.11. The molecule has 1 amide bonds. The van der Waals surface area contributed by atoms with Gasteiger partial charge in [-0.05, 0) is 65.8 Å². The Morgan fingerprint density at radius 2 is 1.79 bits per heavy atom. The van der Waals surface area contributed by atoms with Gasteiger partial charge in [0, 0.05) is 48.4 Å². The molecular weight excluding hydrogens is 508 g/mol. The minimum absolute atomic E-state index is 0.0769. The minimum atomic E-state index is -0.367. The van der Waals surface area contributed by atoms with Crippen LogP contribution in [0.3, 0.4) is 0 Å². The standard InChI is InChI=1S/C33H29ClN2O3/c1-20-6-13-31(32(38)14-20)36-19-24-15-21(8-11-26(24)33(36)39)7-10-25(37)16-22-9-12-28(34)27(17-22)30-18-23-4-2-3-5-29(23)35-30/h2-5,8-9,11-12,15,17,31H,1,6-7,10,13-14,16,18-19H2. The van der Waals surface area contributed by atoms with Gasteiger partial charge in [-0.1, -0.05) is 60.2 Å². The Hall–Kier alpha value is -3.83. The summed E-state index contributed by atoms with van der Waals surface area (Å²) in [6.45, 7) is 4.37. The van der Waals surface area contributed by atoms with E-state index >= 15 is 0 Å². The van der Waals surface area contributed by atoms with Crippen molar-refractivity contribution in [2.45, 2.75) is 57.5 Å². The molecule has 0 spiro atoms. The lowest BCUT2D eigenvalue weighted by Gasteiger charge is -2.30. The molecule has 0 bridgehead atoms. The summed E-state index contributed by atoms with van der Waals surface area (Å²) in [5, 5.41) is 0.638. The summed E-state index contributed by atoms with van der Waals surface area (Å²) in [7, 11) is 0. The maximum absolute atomic E-state index is 13.0. The first-order chi connectivity index (χ1) is 18.9. The number of benzene rings is 3. The number of para-hydroxylation sites is 1. The molecule has 1 aliphatic carbocycles. The molecule has 196 valence electrons. The van der Waals surface area contributed by atoms with Crippen molar-refractivity contribution in [2.24, 2.45) is 4.99 Å². The molecule has 0 N–H and O–H groups in total. The van der Waals surface area contributed by atoms with Gasteiger partial charge in [-0.3, -0.25) is 19.4 Å². The lowest BCUT2D eigenvalue weighted by atomic mass is 9.90. The molecule has 6 rings (SSSR count). The second kappa shape index (κ2) is 10.4. The zero-order valence-corrected chi connectivity index (χ0v) is 22.5. The van der Waals surface area contributed by atoms with Crippen LogP contribution in [0.5, 0.6) is 0 Å². The maximum atomic E-state index is 13.0. The number of carbonyl (C=O) groups excluding carboxylic acids is 3. The number of ketones is 2. The molecule has 1 fully saturated rings. The highest BCUT2D eigenvalue weighted by Crippen LogP contribution is 2.33. The van der Waals surface area contributed by atoms with Crippen molar-refractivity contribution in [1.82, 2.24) is 4.90 Å². The van der Waals surface area contributed by atoms with E-state index < -0.39 is 0 Å². The Morgan fingerprint density at radius 3 is 2.62 bits per heavy atom. The van der Waals surface area contributed by atoms with E-state index in [1.165, 1.54) is 5.56 Å². The molecular formula is C33H29ClN2O3. The highest BCUT2D eigenvalue weighted by molar-refractivity contribution is 6.34. The highest BCUT2D eigenvalue weighted by Gasteiger charge is 2.37. The first-order valence-corrected chi connectivity index (χ1v) is 13.8. The number of halogens is 1. The monoisotopic (exact) mass is 536 g/mol. The lowest BCUT2D eigenvalue weighted by molar-refractivity contribution is -0.124. The van der Waals surface area contributed by atoms with E-state index in [1.54, 1.807) is 4.90 Å². The van der Waals surface area contributed by atoms with Gasteiger partial charge in [-0.25, -0.2) is 0 Å². The fourth-order valence-electron chi connectivity index (χ4n) is 5.88. The predicted octanol–water partition coefficient (Wildman–Crippen LogP) is 6.39. The van der Waals surface area contributed by atoms with Gasteiger partial charge in [0.2, 0.25) is 0 Å². The van der Waals surface area contributed by atoms with Crippen molar-refractivity contribution >= 4 is 40.5 Å². The molecule has 5 nitrogen and oxygen atoms in total. The second-order valence-electron chi connectivity index (χ2n) is 10.8. The van der Waals surface area contributed by atoms with Crippen molar-refractivity contribution in [3.05, 3.63) is 111 Å². The molecule has 2 heterocycles.